The third-order valence-corrected chi connectivity index (χ3v) is 5.15. The summed E-state index contributed by atoms with van der Waals surface area (Å²) in [6.45, 7) is 3.99. The van der Waals surface area contributed by atoms with Crippen molar-refractivity contribution in [3.05, 3.63) is 51.5 Å². The van der Waals surface area contributed by atoms with E-state index in [4.69, 9.17) is 9.47 Å². The van der Waals surface area contributed by atoms with Crippen molar-refractivity contribution in [3.63, 3.8) is 0 Å². The standard InChI is InChI=1S/C19H28N4O2S.HI/c1-14(25-5)18-22-17(13-26-18)11-23(3)19(20-2)21-10-15-8-6-7-9-16(15)12-24-4;/h6-9,13-14H,10-12H2,1-5H3,(H,20,21);1H. The normalized spacial score (nSPS) is 12.4. The summed E-state index contributed by atoms with van der Waals surface area (Å²) in [4.78, 5) is 11.1. The van der Waals surface area contributed by atoms with E-state index in [2.05, 4.69) is 37.7 Å². The van der Waals surface area contributed by atoms with Crippen molar-refractivity contribution < 1.29 is 9.47 Å². The summed E-state index contributed by atoms with van der Waals surface area (Å²) < 4.78 is 10.6. The summed E-state index contributed by atoms with van der Waals surface area (Å²) in [5.74, 6) is 0.826. The minimum absolute atomic E-state index is 0. The third-order valence-electron chi connectivity index (χ3n) is 4.10. The van der Waals surface area contributed by atoms with Crippen LogP contribution in [0.1, 0.15) is 34.9 Å². The average Bonchev–Trinajstić information content (AvgIpc) is 3.11. The molecule has 0 aliphatic carbocycles. The second-order valence-electron chi connectivity index (χ2n) is 6.01. The van der Waals surface area contributed by atoms with Gasteiger partial charge in [0.15, 0.2) is 5.96 Å². The van der Waals surface area contributed by atoms with Crippen LogP contribution in [-0.2, 0) is 29.2 Å². The molecule has 1 atom stereocenters. The molecule has 0 saturated heterocycles. The monoisotopic (exact) mass is 504 g/mol. The van der Waals surface area contributed by atoms with Gasteiger partial charge in [-0.1, -0.05) is 24.3 Å². The summed E-state index contributed by atoms with van der Waals surface area (Å²) in [6.07, 6.45) is 0.0220. The van der Waals surface area contributed by atoms with E-state index in [1.807, 2.05) is 26.1 Å². The summed E-state index contributed by atoms with van der Waals surface area (Å²) in [5, 5.41) is 6.48. The van der Waals surface area contributed by atoms with Gasteiger partial charge in [-0.25, -0.2) is 4.98 Å². The Kier molecular flexibility index (Phi) is 10.8. The van der Waals surface area contributed by atoms with Crippen LogP contribution in [0.5, 0.6) is 0 Å². The Hall–Kier alpha value is -1.23. The molecule has 1 unspecified atom stereocenters. The van der Waals surface area contributed by atoms with Crippen molar-refractivity contribution >= 4 is 41.3 Å². The number of nitrogens with zero attached hydrogens (tertiary/aromatic N) is 3. The Bertz CT molecular complexity index is 723. The number of benzene rings is 1. The van der Waals surface area contributed by atoms with Crippen LogP contribution >= 0.6 is 35.3 Å². The molecule has 2 aromatic rings. The number of hydrogen-bond acceptors (Lipinski definition) is 5. The lowest BCUT2D eigenvalue weighted by Gasteiger charge is -2.22. The van der Waals surface area contributed by atoms with Gasteiger partial charge in [0.2, 0.25) is 0 Å². The molecule has 0 saturated carbocycles. The Morgan fingerprint density at radius 3 is 2.63 bits per heavy atom. The van der Waals surface area contributed by atoms with Gasteiger partial charge >= 0.3 is 0 Å². The first-order valence-electron chi connectivity index (χ1n) is 8.53. The molecular formula is C19H29IN4O2S. The first-order chi connectivity index (χ1) is 12.6. The number of ether oxygens (including phenoxy) is 2. The zero-order valence-electron chi connectivity index (χ0n) is 16.6. The Morgan fingerprint density at radius 1 is 1.30 bits per heavy atom. The number of rotatable bonds is 8. The quantitative estimate of drug-likeness (QED) is 0.337. The van der Waals surface area contributed by atoms with Crippen LogP contribution < -0.4 is 5.32 Å². The number of thiazole rings is 1. The highest BCUT2D eigenvalue weighted by atomic mass is 127. The lowest BCUT2D eigenvalue weighted by molar-refractivity contribution is 0.119. The molecule has 27 heavy (non-hydrogen) atoms. The number of hydrogen-bond donors (Lipinski definition) is 1. The number of halogens is 1. The maximum Gasteiger partial charge on any atom is 0.194 e. The molecule has 0 aliphatic rings. The number of aromatic nitrogens is 1. The zero-order valence-corrected chi connectivity index (χ0v) is 19.7. The minimum atomic E-state index is 0. The van der Waals surface area contributed by atoms with Gasteiger partial charge in [-0.05, 0) is 18.1 Å². The molecule has 1 heterocycles. The second kappa shape index (κ2) is 12.3. The highest BCUT2D eigenvalue weighted by Gasteiger charge is 2.13. The lowest BCUT2D eigenvalue weighted by atomic mass is 10.1. The van der Waals surface area contributed by atoms with Crippen molar-refractivity contribution in [3.8, 4) is 0 Å². The molecule has 0 aliphatic heterocycles. The molecule has 0 bridgehead atoms. The molecule has 8 heteroatoms. The van der Waals surface area contributed by atoms with Crippen LogP contribution in [0, 0.1) is 0 Å². The Balaban J connectivity index is 0.00000364. The molecule has 0 amide bonds. The van der Waals surface area contributed by atoms with E-state index >= 15 is 0 Å². The molecule has 0 radical (unpaired) electrons. The Labute approximate surface area is 183 Å². The van der Waals surface area contributed by atoms with Crippen LogP contribution in [0.15, 0.2) is 34.6 Å². The summed E-state index contributed by atoms with van der Waals surface area (Å²) in [5.41, 5.74) is 3.39. The molecular weight excluding hydrogens is 475 g/mol. The highest BCUT2D eigenvalue weighted by molar-refractivity contribution is 14.0. The van der Waals surface area contributed by atoms with Crippen LogP contribution in [0.2, 0.25) is 0 Å². The van der Waals surface area contributed by atoms with Crippen LogP contribution in [0.4, 0.5) is 0 Å². The van der Waals surface area contributed by atoms with Crippen molar-refractivity contribution in [2.75, 3.05) is 28.3 Å². The summed E-state index contributed by atoms with van der Waals surface area (Å²) in [6, 6.07) is 8.25. The van der Waals surface area contributed by atoms with Gasteiger partial charge < -0.3 is 19.7 Å². The topological polar surface area (TPSA) is 59.0 Å². The number of nitrogens with one attached hydrogen (secondary N) is 1. The van der Waals surface area contributed by atoms with Gasteiger partial charge in [-0.15, -0.1) is 35.3 Å². The number of guanidine groups is 1. The largest absolute Gasteiger partial charge is 0.380 e. The second-order valence-corrected chi connectivity index (χ2v) is 6.90. The third kappa shape index (κ3) is 7.02. The first kappa shape index (κ1) is 23.8. The molecule has 150 valence electrons. The SMILES string of the molecule is CN=C(NCc1ccccc1COC)N(C)Cc1csc(C(C)OC)n1.I. The highest BCUT2D eigenvalue weighted by Crippen LogP contribution is 2.21. The van der Waals surface area contributed by atoms with Crippen molar-refractivity contribution in [1.82, 2.24) is 15.2 Å². The Morgan fingerprint density at radius 2 is 2.00 bits per heavy atom. The molecule has 1 aromatic heterocycles. The van der Waals surface area contributed by atoms with E-state index in [1.54, 1.807) is 32.6 Å². The number of methoxy groups -OCH3 is 2. The lowest BCUT2D eigenvalue weighted by Crippen LogP contribution is -2.38. The van der Waals surface area contributed by atoms with E-state index in [0.29, 0.717) is 19.7 Å². The van der Waals surface area contributed by atoms with Crippen LogP contribution in [0.3, 0.4) is 0 Å². The van der Waals surface area contributed by atoms with E-state index in [-0.39, 0.29) is 30.1 Å². The van der Waals surface area contributed by atoms with Gasteiger partial charge in [0.1, 0.15) is 11.1 Å². The van der Waals surface area contributed by atoms with Gasteiger partial charge in [0.05, 0.1) is 18.8 Å². The van der Waals surface area contributed by atoms with E-state index in [1.165, 1.54) is 11.1 Å². The number of aliphatic imine (C=N–C) groups is 1. The molecule has 1 N–H and O–H groups in total. The molecule has 0 spiro atoms. The fourth-order valence-corrected chi connectivity index (χ4v) is 3.43. The molecule has 0 fully saturated rings. The van der Waals surface area contributed by atoms with Crippen molar-refractivity contribution in [2.24, 2.45) is 4.99 Å². The summed E-state index contributed by atoms with van der Waals surface area (Å²) >= 11 is 1.62. The van der Waals surface area contributed by atoms with Gasteiger partial charge in [-0.2, -0.15) is 0 Å². The van der Waals surface area contributed by atoms with Crippen LogP contribution in [0.25, 0.3) is 0 Å². The van der Waals surface area contributed by atoms with E-state index < -0.39 is 0 Å². The summed E-state index contributed by atoms with van der Waals surface area (Å²) in [7, 11) is 7.21. The van der Waals surface area contributed by atoms with E-state index in [0.717, 1.165) is 16.7 Å². The smallest absolute Gasteiger partial charge is 0.194 e. The predicted molar refractivity (Wildman–Crippen MR) is 122 cm³/mol. The van der Waals surface area contributed by atoms with Gasteiger partial charge in [-0.3, -0.25) is 4.99 Å². The first-order valence-corrected chi connectivity index (χ1v) is 9.41. The average molecular weight is 504 g/mol. The molecule has 1 aromatic carbocycles. The minimum Gasteiger partial charge on any atom is -0.380 e. The van der Waals surface area contributed by atoms with Crippen LogP contribution in [-0.4, -0.2) is 44.2 Å². The molecule has 2 rings (SSSR count). The zero-order chi connectivity index (χ0) is 18.9. The fraction of sp³-hybridized carbons (Fsp3) is 0.474. The van der Waals surface area contributed by atoms with Crippen molar-refractivity contribution in [1.29, 1.82) is 0 Å². The van der Waals surface area contributed by atoms with Gasteiger partial charge in [0.25, 0.3) is 0 Å². The fourth-order valence-electron chi connectivity index (χ4n) is 2.59. The molecule has 6 nitrogen and oxygen atoms in total. The predicted octanol–water partition coefficient (Wildman–Crippen LogP) is 3.82. The maximum absolute atomic E-state index is 5.33. The van der Waals surface area contributed by atoms with Crippen molar-refractivity contribution in [2.45, 2.75) is 32.7 Å². The van der Waals surface area contributed by atoms with E-state index in [9.17, 15) is 0 Å². The maximum atomic E-state index is 5.33. The van der Waals surface area contributed by atoms with Gasteiger partial charge in [0, 0.05) is 40.2 Å².